The van der Waals surface area contributed by atoms with Crippen molar-refractivity contribution in [3.8, 4) is 17.0 Å². The molecule has 0 amide bonds. The number of hydrogen-bond acceptors (Lipinski definition) is 10. The molecule has 0 bridgehead atoms. The van der Waals surface area contributed by atoms with Crippen LogP contribution in [-0.2, 0) is 20.9 Å². The quantitative estimate of drug-likeness (QED) is 0.240. The maximum Gasteiger partial charge on any atom is 0.416 e. The molecule has 0 aliphatic heterocycles. The summed E-state index contributed by atoms with van der Waals surface area (Å²) in [6.45, 7) is 1.88. The summed E-state index contributed by atoms with van der Waals surface area (Å²) in [5.41, 5.74) is 5.73. The van der Waals surface area contributed by atoms with Gasteiger partial charge in [-0.05, 0) is 69.0 Å². The second-order valence-electron chi connectivity index (χ2n) is 10.6. The van der Waals surface area contributed by atoms with E-state index in [0.29, 0.717) is 54.5 Å². The van der Waals surface area contributed by atoms with Crippen molar-refractivity contribution in [3.05, 3.63) is 64.2 Å². The topological polar surface area (TPSA) is 172 Å². The van der Waals surface area contributed by atoms with Gasteiger partial charge < -0.3 is 20.3 Å². The maximum atomic E-state index is 14.2. The average Bonchev–Trinajstić information content (AvgIpc) is 2.99. The van der Waals surface area contributed by atoms with Gasteiger partial charge in [-0.15, -0.1) is 0 Å². The van der Waals surface area contributed by atoms with E-state index in [1.165, 1.54) is 19.4 Å². The van der Waals surface area contributed by atoms with Crippen LogP contribution in [0.25, 0.3) is 22.2 Å². The molecule has 5 rings (SSSR count). The Morgan fingerprint density at radius 3 is 2.42 bits per heavy atom. The molecule has 16 heteroatoms. The van der Waals surface area contributed by atoms with E-state index < -0.39 is 32.2 Å². The van der Waals surface area contributed by atoms with Crippen molar-refractivity contribution >= 4 is 32.7 Å². The number of aromatic nitrogens is 4. The number of methoxy groups -OCH3 is 1. The van der Waals surface area contributed by atoms with E-state index in [0.717, 1.165) is 12.1 Å². The van der Waals surface area contributed by atoms with Crippen molar-refractivity contribution in [1.82, 2.24) is 19.5 Å². The van der Waals surface area contributed by atoms with Crippen LogP contribution < -0.4 is 20.8 Å². The number of sulfonamides is 1. The molecule has 0 unspecified atom stereocenters. The second-order valence-corrected chi connectivity index (χ2v) is 12.3. The van der Waals surface area contributed by atoms with Gasteiger partial charge in [0.05, 0.1) is 42.6 Å². The van der Waals surface area contributed by atoms with Gasteiger partial charge in [-0.1, -0.05) is 0 Å². The molecule has 4 N–H and O–H groups in total. The molecule has 240 valence electrons. The Hall–Kier alpha value is -4.28. The summed E-state index contributed by atoms with van der Waals surface area (Å²) in [7, 11) is -3.11. The molecule has 1 saturated carbocycles. The van der Waals surface area contributed by atoms with Gasteiger partial charge in [0, 0.05) is 28.8 Å². The fraction of sp³-hybridized carbons (Fsp3) is 0.379. The summed E-state index contributed by atoms with van der Waals surface area (Å²) in [6.07, 6.45) is -0.829. The highest BCUT2D eigenvalue weighted by Gasteiger charge is 2.31. The van der Waals surface area contributed by atoms with E-state index in [-0.39, 0.29) is 54.0 Å². The maximum absolute atomic E-state index is 14.2. The highest BCUT2D eigenvalue weighted by atomic mass is 32.2. The molecule has 0 radical (unpaired) electrons. The highest BCUT2D eigenvalue weighted by Crippen LogP contribution is 2.35. The van der Waals surface area contributed by atoms with Gasteiger partial charge in [0.15, 0.2) is 0 Å². The number of nitrogens with one attached hydrogen (secondary N) is 1. The zero-order chi connectivity index (χ0) is 32.5. The van der Waals surface area contributed by atoms with Crippen LogP contribution in [0.3, 0.4) is 0 Å². The van der Waals surface area contributed by atoms with Crippen LogP contribution in [0.2, 0.25) is 0 Å². The molecule has 0 atom stereocenters. The van der Waals surface area contributed by atoms with Crippen molar-refractivity contribution in [3.63, 3.8) is 0 Å². The Morgan fingerprint density at radius 1 is 1.11 bits per heavy atom. The van der Waals surface area contributed by atoms with E-state index >= 15 is 0 Å². The van der Waals surface area contributed by atoms with Crippen LogP contribution in [0.4, 0.5) is 24.8 Å². The van der Waals surface area contributed by atoms with Crippen molar-refractivity contribution < 1.29 is 36.2 Å². The molecule has 1 aliphatic rings. The summed E-state index contributed by atoms with van der Waals surface area (Å²) in [5.74, 6) is -0.115. The van der Waals surface area contributed by atoms with Gasteiger partial charge in [-0.25, -0.2) is 18.4 Å². The Bertz CT molecular complexity index is 1880. The third-order valence-electron chi connectivity index (χ3n) is 7.64. The number of anilines is 2. The normalized spacial score (nSPS) is 17.4. The number of nitrogen functional groups attached to an aromatic ring is 1. The first-order valence-corrected chi connectivity index (χ1v) is 15.5. The molecule has 3 heterocycles. The second kappa shape index (κ2) is 12.6. The van der Waals surface area contributed by atoms with Crippen molar-refractivity contribution in [1.29, 1.82) is 0 Å². The number of aliphatic hydroxyl groups excluding tert-OH is 1. The monoisotopic (exact) mass is 648 g/mol. The number of hydrogen-bond donors (Lipinski definition) is 3. The number of fused-ring (bicyclic) bond motifs is 1. The number of pyridine rings is 2. The smallest absolute Gasteiger partial charge is 0.416 e. The lowest BCUT2D eigenvalue weighted by molar-refractivity contribution is -0.137. The number of ether oxygens (including phenoxy) is 2. The first-order chi connectivity index (χ1) is 21.3. The van der Waals surface area contributed by atoms with Gasteiger partial charge in [-0.2, -0.15) is 18.2 Å². The average molecular weight is 649 g/mol. The van der Waals surface area contributed by atoms with E-state index in [4.69, 9.17) is 20.3 Å². The molecule has 1 aliphatic carbocycles. The van der Waals surface area contributed by atoms with Gasteiger partial charge in [0.2, 0.25) is 11.8 Å². The Morgan fingerprint density at radius 2 is 1.80 bits per heavy atom. The summed E-state index contributed by atoms with van der Waals surface area (Å²) < 4.78 is 80.2. The van der Waals surface area contributed by atoms with Gasteiger partial charge >= 0.3 is 6.18 Å². The number of aliphatic hydroxyl groups is 1. The lowest BCUT2D eigenvalue weighted by Gasteiger charge is -2.30. The molecule has 45 heavy (non-hydrogen) atoms. The van der Waals surface area contributed by atoms with Crippen molar-refractivity contribution in [2.75, 3.05) is 30.8 Å². The number of rotatable bonds is 9. The predicted molar refractivity (Wildman–Crippen MR) is 159 cm³/mol. The molecular weight excluding hydrogens is 617 g/mol. The van der Waals surface area contributed by atoms with Crippen LogP contribution in [0.15, 0.2) is 52.3 Å². The highest BCUT2D eigenvalue weighted by molar-refractivity contribution is 7.92. The molecule has 0 saturated heterocycles. The summed E-state index contributed by atoms with van der Waals surface area (Å²) in [5, 5.41) is 9.65. The molecule has 1 fully saturated rings. The number of alkyl halides is 3. The minimum absolute atomic E-state index is 0.00642. The van der Waals surface area contributed by atoms with Gasteiger partial charge in [-0.3, -0.25) is 14.1 Å². The van der Waals surface area contributed by atoms with E-state index in [1.54, 1.807) is 17.6 Å². The minimum Gasteiger partial charge on any atom is -0.480 e. The fourth-order valence-electron chi connectivity index (χ4n) is 5.47. The lowest BCUT2D eigenvalue weighted by atomic mass is 9.92. The minimum atomic E-state index is -4.63. The standard InChI is InChI=1S/C29H31F3N6O6S/c1-16-22-14-23(27(40)38(25(22)36-28(33)35-16)19-5-7-20(8-6-19)44-12-11-39)17-13-24(26(43-2)34-15-17)37-45(41,42)21-9-3-18(4-10-21)29(30,31)32/h3-4,9-10,13-15,19-20,37,39H,5-8,11-12H2,1-2H3,(H2,33,35,36)/t19-,20-. The zero-order valence-electron chi connectivity index (χ0n) is 24.3. The first kappa shape index (κ1) is 32.1. The zero-order valence-corrected chi connectivity index (χ0v) is 25.2. The molecule has 0 spiro atoms. The van der Waals surface area contributed by atoms with Crippen molar-refractivity contribution in [2.45, 2.75) is 55.8 Å². The first-order valence-electron chi connectivity index (χ1n) is 14.0. The van der Waals surface area contributed by atoms with Gasteiger partial charge in [0.25, 0.3) is 15.6 Å². The summed E-state index contributed by atoms with van der Waals surface area (Å²) in [6, 6.07) is 5.73. The molecule has 4 aromatic rings. The van der Waals surface area contributed by atoms with Crippen molar-refractivity contribution in [2.24, 2.45) is 0 Å². The van der Waals surface area contributed by atoms with Crippen LogP contribution in [0.1, 0.15) is 43.0 Å². The fourth-order valence-corrected chi connectivity index (χ4v) is 6.52. The third kappa shape index (κ3) is 6.72. The Labute approximate surface area is 256 Å². The largest absolute Gasteiger partial charge is 0.480 e. The molecule has 3 aromatic heterocycles. The van der Waals surface area contributed by atoms with Crippen LogP contribution in [0.5, 0.6) is 5.88 Å². The van der Waals surface area contributed by atoms with Crippen LogP contribution in [0, 0.1) is 6.92 Å². The van der Waals surface area contributed by atoms with E-state index in [1.807, 2.05) is 0 Å². The molecule has 12 nitrogen and oxygen atoms in total. The van der Waals surface area contributed by atoms with E-state index in [9.17, 15) is 26.4 Å². The number of benzene rings is 1. The number of nitrogens with zero attached hydrogens (tertiary/aromatic N) is 4. The summed E-state index contributed by atoms with van der Waals surface area (Å²) >= 11 is 0. The number of nitrogens with two attached hydrogens (primary N) is 1. The Kier molecular flexibility index (Phi) is 9.00. The van der Waals surface area contributed by atoms with Crippen LogP contribution in [-0.4, -0.2) is 59.5 Å². The number of halogens is 3. The van der Waals surface area contributed by atoms with Crippen LogP contribution >= 0.6 is 0 Å². The predicted octanol–water partition coefficient (Wildman–Crippen LogP) is 4.06. The molecule has 1 aromatic carbocycles. The SMILES string of the molecule is COc1ncc(-c2cc3c(C)nc(N)nc3n([C@H]3CC[C@H](OCCO)CC3)c2=O)cc1NS(=O)(=O)c1ccc(C(F)(F)F)cc1. The number of aryl methyl sites for hydroxylation is 1. The van der Waals surface area contributed by atoms with Gasteiger partial charge in [0.1, 0.15) is 11.3 Å². The molecular formula is C29H31F3N6O6S. The van der Waals surface area contributed by atoms with E-state index in [2.05, 4.69) is 19.7 Å². The Balaban J connectivity index is 1.57. The summed E-state index contributed by atoms with van der Waals surface area (Å²) in [4.78, 5) is 26.6. The third-order valence-corrected chi connectivity index (χ3v) is 9.03. The lowest BCUT2D eigenvalue weighted by Crippen LogP contribution is -2.32.